The number of nitrogens with zero attached hydrogens (tertiary/aromatic N) is 4. The van der Waals surface area contributed by atoms with Gasteiger partial charge in [-0.15, -0.1) is 0 Å². The maximum Gasteiger partial charge on any atom is 0.164 e. The first-order valence-corrected chi connectivity index (χ1v) is 18.3. The van der Waals surface area contributed by atoms with Crippen molar-refractivity contribution in [3.63, 3.8) is 0 Å². The predicted octanol–water partition coefficient (Wildman–Crippen LogP) is 10.6. The van der Waals surface area contributed by atoms with E-state index in [0.717, 1.165) is 55.0 Å². The van der Waals surface area contributed by atoms with Crippen molar-refractivity contribution in [1.29, 1.82) is 0 Å². The van der Waals surface area contributed by atoms with E-state index in [1.54, 1.807) is 0 Å². The van der Waals surface area contributed by atoms with Crippen molar-refractivity contribution in [2.45, 2.75) is 26.2 Å². The topological polar surface area (TPSA) is 56.7 Å². The number of para-hydroxylation sites is 2. The summed E-state index contributed by atoms with van der Waals surface area (Å²) in [5.41, 5.74) is 12.7. The molecule has 0 saturated heterocycles. The van der Waals surface area contributed by atoms with Gasteiger partial charge in [0.1, 0.15) is 11.0 Å². The van der Waals surface area contributed by atoms with Crippen LogP contribution < -0.4 is 10.6 Å². The maximum absolute atomic E-state index is 6.53. The molecule has 0 aliphatic heterocycles. The van der Waals surface area contributed by atoms with Crippen LogP contribution in [-0.4, -0.2) is 19.5 Å². The highest BCUT2D eigenvalue weighted by molar-refractivity contribution is 6.13. The lowest BCUT2D eigenvalue weighted by Crippen LogP contribution is -2.17. The van der Waals surface area contributed by atoms with E-state index in [0.29, 0.717) is 22.9 Å². The largest absolute Gasteiger partial charge is 0.456 e. The molecular weight excluding hydrogens is 661 g/mol. The molecule has 3 heterocycles. The molecule has 5 nitrogen and oxygen atoms in total. The lowest BCUT2D eigenvalue weighted by Gasteiger charge is -2.21. The van der Waals surface area contributed by atoms with Crippen molar-refractivity contribution < 1.29 is 4.42 Å². The number of allylic oxidation sites excluding steroid dienone is 2. The van der Waals surface area contributed by atoms with Crippen LogP contribution in [0, 0.1) is 0 Å². The molecular formula is C49H36N4O. The van der Waals surface area contributed by atoms with E-state index in [1.165, 1.54) is 27.6 Å². The van der Waals surface area contributed by atoms with Gasteiger partial charge in [0.25, 0.3) is 0 Å². The average molecular weight is 697 g/mol. The molecule has 10 rings (SSSR count). The minimum absolute atomic E-state index is 0.132. The Hall–Kier alpha value is -6.85. The Bertz CT molecular complexity index is 3100. The molecule has 0 atom stereocenters. The Morgan fingerprint density at radius 2 is 1.31 bits per heavy atom. The van der Waals surface area contributed by atoms with Gasteiger partial charge in [-0.2, -0.15) is 0 Å². The molecule has 54 heavy (non-hydrogen) atoms. The Morgan fingerprint density at radius 3 is 2.13 bits per heavy atom. The number of aromatic nitrogens is 4. The van der Waals surface area contributed by atoms with Gasteiger partial charge in [0.15, 0.2) is 17.5 Å². The molecule has 6 aromatic carbocycles. The monoisotopic (exact) mass is 696 g/mol. The predicted molar refractivity (Wildman–Crippen MR) is 222 cm³/mol. The quantitative estimate of drug-likeness (QED) is 0.180. The van der Waals surface area contributed by atoms with Crippen molar-refractivity contribution >= 4 is 51.0 Å². The Kier molecular flexibility index (Phi) is 7.14. The highest BCUT2D eigenvalue weighted by atomic mass is 16.3. The second-order valence-electron chi connectivity index (χ2n) is 14.6. The molecule has 1 aliphatic rings. The van der Waals surface area contributed by atoms with Gasteiger partial charge in [-0.25, -0.2) is 15.0 Å². The van der Waals surface area contributed by atoms with Gasteiger partial charge in [-0.05, 0) is 71.2 Å². The van der Waals surface area contributed by atoms with Gasteiger partial charge in [0.05, 0.1) is 11.0 Å². The molecule has 0 fully saturated rings. The van der Waals surface area contributed by atoms with E-state index in [-0.39, 0.29) is 5.41 Å². The summed E-state index contributed by atoms with van der Waals surface area (Å²) in [6.45, 7) is 11.1. The molecule has 9 aromatic rings. The minimum Gasteiger partial charge on any atom is -0.456 e. The molecule has 0 spiro atoms. The molecule has 0 N–H and O–H groups in total. The smallest absolute Gasteiger partial charge is 0.164 e. The standard InChI is InChI=1S/C49H36N4O/c1-30(23-26-44-31(2)38-28-39-37-20-12-14-22-42(37)53(34-17-9-6-10-18-34)43(39)29-45(38)54-44)46-50-47(32-15-7-5-8-16-32)52-48(51-46)33-24-25-36-35-19-11-13-21-40(35)49(3,4)41(36)27-33/h5-29H,2H2,1,3-4H3/b30-23+,44-26+. The number of furan rings is 1. The third-order valence-corrected chi connectivity index (χ3v) is 11.0. The van der Waals surface area contributed by atoms with Crippen LogP contribution in [-0.2, 0) is 5.41 Å². The highest BCUT2D eigenvalue weighted by Gasteiger charge is 2.35. The summed E-state index contributed by atoms with van der Waals surface area (Å²) >= 11 is 0. The van der Waals surface area contributed by atoms with Gasteiger partial charge in [-0.3, -0.25) is 0 Å². The number of benzene rings is 6. The summed E-state index contributed by atoms with van der Waals surface area (Å²) in [7, 11) is 0. The Morgan fingerprint density at radius 1 is 0.630 bits per heavy atom. The highest BCUT2D eigenvalue weighted by Crippen LogP contribution is 2.49. The van der Waals surface area contributed by atoms with Crippen molar-refractivity contribution in [3.8, 4) is 39.6 Å². The van der Waals surface area contributed by atoms with Gasteiger partial charge in [-0.1, -0.05) is 130 Å². The summed E-state index contributed by atoms with van der Waals surface area (Å²) in [5, 5.41) is 4.19. The first-order valence-electron chi connectivity index (χ1n) is 18.3. The van der Waals surface area contributed by atoms with Gasteiger partial charge < -0.3 is 8.98 Å². The van der Waals surface area contributed by atoms with Gasteiger partial charge >= 0.3 is 0 Å². The molecule has 0 saturated carbocycles. The minimum atomic E-state index is -0.132. The third-order valence-electron chi connectivity index (χ3n) is 11.0. The van der Waals surface area contributed by atoms with E-state index in [2.05, 4.69) is 128 Å². The van der Waals surface area contributed by atoms with Crippen molar-refractivity contribution in [1.82, 2.24) is 19.5 Å². The van der Waals surface area contributed by atoms with E-state index in [9.17, 15) is 0 Å². The lowest BCUT2D eigenvalue weighted by atomic mass is 9.82. The average Bonchev–Trinajstić information content (AvgIpc) is 3.79. The van der Waals surface area contributed by atoms with Crippen LogP contribution in [0.5, 0.6) is 0 Å². The molecule has 0 radical (unpaired) electrons. The van der Waals surface area contributed by atoms with Gasteiger partial charge in [0.2, 0.25) is 0 Å². The van der Waals surface area contributed by atoms with Crippen molar-refractivity contribution in [2.75, 3.05) is 0 Å². The summed E-state index contributed by atoms with van der Waals surface area (Å²) in [6.07, 6.45) is 3.99. The van der Waals surface area contributed by atoms with Crippen LogP contribution in [0.1, 0.15) is 37.7 Å². The zero-order chi connectivity index (χ0) is 36.6. The number of rotatable bonds is 5. The van der Waals surface area contributed by atoms with E-state index in [4.69, 9.17) is 19.4 Å². The van der Waals surface area contributed by atoms with Crippen LogP contribution in [0.2, 0.25) is 0 Å². The summed E-state index contributed by atoms with van der Waals surface area (Å²) in [5.74, 6) is 1.88. The van der Waals surface area contributed by atoms with Crippen LogP contribution in [0.3, 0.4) is 0 Å². The lowest BCUT2D eigenvalue weighted by molar-refractivity contribution is 0.576. The molecule has 1 aliphatic carbocycles. The molecule has 258 valence electrons. The van der Waals surface area contributed by atoms with Crippen LogP contribution >= 0.6 is 0 Å². The van der Waals surface area contributed by atoms with Crippen molar-refractivity contribution in [3.05, 3.63) is 173 Å². The second-order valence-corrected chi connectivity index (χ2v) is 14.6. The molecule has 5 heteroatoms. The SMILES string of the molecule is C=c1/c(=C\C=C(/C)c2nc(-c3ccccc3)nc(-c3ccc4c(c3)C(C)(C)c3ccccc3-4)n2)oc2cc3c(cc12)c1ccccc1n3-c1ccccc1. The van der Waals surface area contributed by atoms with E-state index < -0.39 is 0 Å². The zero-order valence-electron chi connectivity index (χ0n) is 30.3. The Labute approximate surface area is 312 Å². The van der Waals surface area contributed by atoms with Crippen LogP contribution in [0.25, 0.3) is 90.6 Å². The maximum atomic E-state index is 6.53. The fourth-order valence-corrected chi connectivity index (χ4v) is 8.14. The summed E-state index contributed by atoms with van der Waals surface area (Å²) < 4.78 is 8.82. The molecule has 3 aromatic heterocycles. The second kappa shape index (κ2) is 12.1. The molecule has 0 unspecified atom stereocenters. The number of hydrogen-bond acceptors (Lipinski definition) is 4. The van der Waals surface area contributed by atoms with E-state index >= 15 is 0 Å². The van der Waals surface area contributed by atoms with Crippen LogP contribution in [0.15, 0.2) is 150 Å². The summed E-state index contributed by atoms with van der Waals surface area (Å²) in [4.78, 5) is 15.1. The van der Waals surface area contributed by atoms with Crippen molar-refractivity contribution in [2.24, 2.45) is 0 Å². The summed E-state index contributed by atoms with van der Waals surface area (Å²) in [6, 6.07) is 48.7. The third kappa shape index (κ3) is 4.96. The first kappa shape index (κ1) is 31.9. The normalized spacial score (nSPS) is 13.9. The van der Waals surface area contributed by atoms with E-state index in [1.807, 2.05) is 55.5 Å². The number of hydrogen-bond donors (Lipinski definition) is 0. The first-order chi connectivity index (χ1) is 26.3. The van der Waals surface area contributed by atoms with Gasteiger partial charge in [0, 0.05) is 49.7 Å². The number of fused-ring (bicyclic) bond motifs is 7. The fraction of sp³-hybridized carbons (Fsp3) is 0.0816. The Balaban J connectivity index is 1.09. The molecule has 0 amide bonds. The molecule has 0 bridgehead atoms. The van der Waals surface area contributed by atoms with Crippen LogP contribution in [0.4, 0.5) is 0 Å². The fourth-order valence-electron chi connectivity index (χ4n) is 8.14. The zero-order valence-corrected chi connectivity index (χ0v) is 30.3.